The first-order valence-corrected chi connectivity index (χ1v) is 16.9. The predicted molar refractivity (Wildman–Crippen MR) is 207 cm³/mol. The van der Waals surface area contributed by atoms with Crippen LogP contribution in [0.4, 0.5) is 0 Å². The number of hydrogen-bond acceptors (Lipinski definition) is 2. The highest BCUT2D eigenvalue weighted by Crippen LogP contribution is 2.41. The quantitative estimate of drug-likeness (QED) is 0.188. The Hall–Kier alpha value is -6.78. The molecular formula is C46H30N4. The third-order valence-corrected chi connectivity index (χ3v) is 9.76. The van der Waals surface area contributed by atoms with Crippen LogP contribution in [0.3, 0.4) is 0 Å². The van der Waals surface area contributed by atoms with Gasteiger partial charge in [-0.25, -0.2) is 9.97 Å². The average molecular weight is 639 g/mol. The Morgan fingerprint density at radius 3 is 1.74 bits per heavy atom. The number of rotatable bonds is 5. The number of pyridine rings is 2. The minimum atomic E-state index is 0.943. The van der Waals surface area contributed by atoms with Crippen LogP contribution in [-0.4, -0.2) is 19.1 Å². The summed E-state index contributed by atoms with van der Waals surface area (Å²) in [5, 5.41) is 4.77. The zero-order chi connectivity index (χ0) is 33.0. The Bertz CT molecular complexity index is 2790. The van der Waals surface area contributed by atoms with E-state index in [1.54, 1.807) is 0 Å². The van der Waals surface area contributed by atoms with Crippen molar-refractivity contribution in [2.24, 2.45) is 0 Å². The number of nitrogens with zero attached hydrogens (tertiary/aromatic N) is 4. The Labute approximate surface area is 289 Å². The van der Waals surface area contributed by atoms with Gasteiger partial charge in [0.2, 0.25) is 0 Å². The van der Waals surface area contributed by atoms with Gasteiger partial charge in [0.15, 0.2) is 0 Å². The lowest BCUT2D eigenvalue weighted by Gasteiger charge is -2.13. The van der Waals surface area contributed by atoms with Gasteiger partial charge in [-0.1, -0.05) is 115 Å². The second kappa shape index (κ2) is 11.4. The molecule has 0 aliphatic heterocycles. The summed E-state index contributed by atoms with van der Waals surface area (Å²) in [6, 6.07) is 62.3. The van der Waals surface area contributed by atoms with Crippen LogP contribution in [0.15, 0.2) is 182 Å². The van der Waals surface area contributed by atoms with E-state index in [1.165, 1.54) is 27.3 Å². The smallest absolute Gasteiger partial charge is 0.145 e. The summed E-state index contributed by atoms with van der Waals surface area (Å²) in [5.74, 6) is 0. The molecule has 0 amide bonds. The molecule has 0 aliphatic rings. The van der Waals surface area contributed by atoms with Gasteiger partial charge in [-0.3, -0.25) is 4.57 Å². The molecule has 0 radical (unpaired) electrons. The van der Waals surface area contributed by atoms with Gasteiger partial charge in [-0.15, -0.1) is 0 Å². The molecule has 0 saturated carbocycles. The first kappa shape index (κ1) is 28.3. The zero-order valence-corrected chi connectivity index (χ0v) is 27.1. The maximum Gasteiger partial charge on any atom is 0.145 e. The maximum absolute atomic E-state index is 5.17. The molecule has 4 heterocycles. The van der Waals surface area contributed by atoms with Gasteiger partial charge >= 0.3 is 0 Å². The van der Waals surface area contributed by atoms with Crippen LogP contribution >= 0.6 is 0 Å². The van der Waals surface area contributed by atoms with Crippen molar-refractivity contribution in [2.45, 2.75) is 0 Å². The van der Waals surface area contributed by atoms with Crippen LogP contribution in [-0.2, 0) is 0 Å². The first-order chi connectivity index (χ1) is 24.8. The van der Waals surface area contributed by atoms with Crippen molar-refractivity contribution in [3.63, 3.8) is 0 Å². The molecule has 4 heteroatoms. The fourth-order valence-electron chi connectivity index (χ4n) is 7.55. The number of aromatic nitrogens is 4. The summed E-state index contributed by atoms with van der Waals surface area (Å²) in [5.41, 5.74) is 13.0. The molecule has 0 unspecified atom stereocenters. The minimum absolute atomic E-state index is 0.943. The molecule has 6 aromatic carbocycles. The molecule has 0 bridgehead atoms. The van der Waals surface area contributed by atoms with Crippen LogP contribution in [0, 0.1) is 0 Å². The van der Waals surface area contributed by atoms with Crippen molar-refractivity contribution in [3.8, 4) is 45.0 Å². The molecule has 0 aliphatic carbocycles. The van der Waals surface area contributed by atoms with E-state index in [4.69, 9.17) is 9.97 Å². The second-order valence-electron chi connectivity index (χ2n) is 12.7. The molecule has 0 spiro atoms. The van der Waals surface area contributed by atoms with Crippen molar-refractivity contribution >= 4 is 43.7 Å². The number of fused-ring (bicyclic) bond motifs is 6. The van der Waals surface area contributed by atoms with E-state index in [9.17, 15) is 0 Å². The molecule has 4 aromatic heterocycles. The molecule has 0 atom stereocenters. The summed E-state index contributed by atoms with van der Waals surface area (Å²) >= 11 is 0. The van der Waals surface area contributed by atoms with Crippen LogP contribution in [0.1, 0.15) is 0 Å². The van der Waals surface area contributed by atoms with Gasteiger partial charge in [0, 0.05) is 44.6 Å². The molecule has 10 aromatic rings. The van der Waals surface area contributed by atoms with Crippen molar-refractivity contribution in [1.29, 1.82) is 0 Å². The molecule has 0 fully saturated rings. The van der Waals surface area contributed by atoms with E-state index in [0.717, 1.165) is 61.5 Å². The van der Waals surface area contributed by atoms with Gasteiger partial charge in [-0.2, -0.15) is 0 Å². The fraction of sp³-hybridized carbons (Fsp3) is 0. The van der Waals surface area contributed by atoms with Crippen molar-refractivity contribution < 1.29 is 0 Å². The minimum Gasteiger partial charge on any atom is -0.309 e. The predicted octanol–water partition coefficient (Wildman–Crippen LogP) is 11.7. The topological polar surface area (TPSA) is 35.6 Å². The molecule has 0 saturated heterocycles. The average Bonchev–Trinajstić information content (AvgIpc) is 3.71. The van der Waals surface area contributed by atoms with Gasteiger partial charge in [0.05, 0.1) is 33.6 Å². The van der Waals surface area contributed by atoms with E-state index >= 15 is 0 Å². The van der Waals surface area contributed by atoms with E-state index in [-0.39, 0.29) is 0 Å². The zero-order valence-electron chi connectivity index (χ0n) is 27.1. The van der Waals surface area contributed by atoms with Crippen molar-refractivity contribution in [1.82, 2.24) is 19.1 Å². The van der Waals surface area contributed by atoms with Crippen molar-refractivity contribution in [3.05, 3.63) is 182 Å². The summed E-state index contributed by atoms with van der Waals surface area (Å²) < 4.78 is 4.66. The molecule has 50 heavy (non-hydrogen) atoms. The summed E-state index contributed by atoms with van der Waals surface area (Å²) in [7, 11) is 0. The third-order valence-electron chi connectivity index (χ3n) is 9.76. The maximum atomic E-state index is 5.17. The van der Waals surface area contributed by atoms with E-state index in [1.807, 2.05) is 24.4 Å². The first-order valence-electron chi connectivity index (χ1n) is 16.9. The van der Waals surface area contributed by atoms with Gasteiger partial charge in [-0.05, 0) is 71.8 Å². The lowest BCUT2D eigenvalue weighted by Crippen LogP contribution is -1.98. The second-order valence-corrected chi connectivity index (χ2v) is 12.7. The Balaban J connectivity index is 1.23. The summed E-state index contributed by atoms with van der Waals surface area (Å²) in [4.78, 5) is 10.0. The van der Waals surface area contributed by atoms with Gasteiger partial charge in [0.25, 0.3) is 0 Å². The van der Waals surface area contributed by atoms with Crippen LogP contribution in [0.25, 0.3) is 88.8 Å². The highest BCUT2D eigenvalue weighted by Gasteiger charge is 2.19. The summed E-state index contributed by atoms with van der Waals surface area (Å²) in [6.07, 6.45) is 1.88. The molecule has 0 N–H and O–H groups in total. The van der Waals surface area contributed by atoms with Gasteiger partial charge in [0.1, 0.15) is 5.65 Å². The van der Waals surface area contributed by atoms with Crippen LogP contribution < -0.4 is 0 Å². The molecule has 234 valence electrons. The van der Waals surface area contributed by atoms with E-state index in [2.05, 4.69) is 167 Å². The van der Waals surface area contributed by atoms with Crippen LogP contribution in [0.5, 0.6) is 0 Å². The Kier molecular flexibility index (Phi) is 6.46. The fourth-order valence-corrected chi connectivity index (χ4v) is 7.55. The Morgan fingerprint density at radius 1 is 0.380 bits per heavy atom. The normalized spacial score (nSPS) is 11.6. The number of para-hydroxylation sites is 2. The monoisotopic (exact) mass is 638 g/mol. The lowest BCUT2D eigenvalue weighted by molar-refractivity contribution is 1.14. The summed E-state index contributed by atoms with van der Waals surface area (Å²) in [6.45, 7) is 0. The Morgan fingerprint density at radius 2 is 1.00 bits per heavy atom. The van der Waals surface area contributed by atoms with Crippen molar-refractivity contribution in [2.75, 3.05) is 0 Å². The number of benzene rings is 6. The van der Waals surface area contributed by atoms with E-state index in [0.29, 0.717) is 0 Å². The van der Waals surface area contributed by atoms with Crippen LogP contribution in [0.2, 0.25) is 0 Å². The standard InChI is InChI=1S/C46H30N4/c1-4-14-31(15-5-1)40-29-35(30-41(48-40)32-16-6-2-7-17-32)49-42-23-11-10-20-38(42)45-36(21-12-24-44(45)49)33-25-26-43-39(28-33)37-22-13-27-47-46(37)50(43)34-18-8-3-9-19-34/h1-30H. The lowest BCUT2D eigenvalue weighted by atomic mass is 9.98. The highest BCUT2D eigenvalue weighted by molar-refractivity contribution is 6.17. The highest BCUT2D eigenvalue weighted by atomic mass is 15.0. The van der Waals surface area contributed by atoms with Gasteiger partial charge < -0.3 is 4.57 Å². The molecular weight excluding hydrogens is 609 g/mol. The largest absolute Gasteiger partial charge is 0.309 e. The molecule has 4 nitrogen and oxygen atoms in total. The molecule has 10 rings (SSSR count). The number of hydrogen-bond donors (Lipinski definition) is 0. The van der Waals surface area contributed by atoms with E-state index < -0.39 is 0 Å². The SMILES string of the molecule is c1ccc(-c2cc(-n3c4ccccc4c4c(-c5ccc6c(c5)c5cccnc5n6-c5ccccc5)cccc43)cc(-c3ccccc3)n2)cc1. The third kappa shape index (κ3) is 4.46.